The summed E-state index contributed by atoms with van der Waals surface area (Å²) in [5, 5.41) is 15.4. The van der Waals surface area contributed by atoms with Crippen LogP contribution in [0, 0.1) is 11.3 Å². The molecule has 8 heteroatoms. The molecule has 0 spiro atoms. The second kappa shape index (κ2) is 9.96. The molecule has 0 bridgehead atoms. The number of carbonyl (C=O) groups excluding carboxylic acids is 2. The van der Waals surface area contributed by atoms with E-state index in [1.807, 2.05) is 6.07 Å². The van der Waals surface area contributed by atoms with Crippen molar-refractivity contribution in [2.24, 2.45) is 0 Å². The van der Waals surface area contributed by atoms with Gasteiger partial charge < -0.3 is 25.0 Å². The van der Waals surface area contributed by atoms with E-state index in [-0.39, 0.29) is 24.4 Å². The standard InChI is InChI=1S/C23H26N4O4/c1-15(28)27(18-8-9-25-14-18)20-6-4-16(12-24)10-19(20)23(29)26-13-17-5-7-21(30-2)22(11-17)31-3/h4-7,10-11,18,25H,8-9,13-14H2,1-3H3,(H,26,29)/t18-/m0/s1. The molecule has 1 aliphatic rings. The SMILES string of the molecule is COc1ccc(CNC(=O)c2cc(C#N)ccc2N(C(C)=O)[C@H]2CCNC2)cc1OC. The van der Waals surface area contributed by atoms with Crippen molar-refractivity contribution >= 4 is 17.5 Å². The summed E-state index contributed by atoms with van der Waals surface area (Å²) in [4.78, 5) is 27.2. The van der Waals surface area contributed by atoms with Gasteiger partial charge in [0.05, 0.1) is 43.1 Å². The van der Waals surface area contributed by atoms with E-state index >= 15 is 0 Å². The summed E-state index contributed by atoms with van der Waals surface area (Å²) in [7, 11) is 3.11. The molecule has 0 aliphatic carbocycles. The number of nitrogens with zero attached hydrogens (tertiary/aromatic N) is 2. The van der Waals surface area contributed by atoms with Crippen LogP contribution in [0.2, 0.25) is 0 Å². The number of hydrogen-bond donors (Lipinski definition) is 2. The zero-order valence-electron chi connectivity index (χ0n) is 17.9. The van der Waals surface area contributed by atoms with Gasteiger partial charge in [-0.1, -0.05) is 6.07 Å². The van der Waals surface area contributed by atoms with Crippen LogP contribution in [0.4, 0.5) is 5.69 Å². The second-order valence-corrected chi connectivity index (χ2v) is 7.25. The maximum Gasteiger partial charge on any atom is 0.253 e. The van der Waals surface area contributed by atoms with E-state index in [4.69, 9.17) is 9.47 Å². The molecule has 1 aliphatic heterocycles. The molecular formula is C23H26N4O4. The van der Waals surface area contributed by atoms with Crippen LogP contribution < -0.4 is 25.0 Å². The van der Waals surface area contributed by atoms with Crippen molar-refractivity contribution in [3.05, 3.63) is 53.1 Å². The molecule has 2 aromatic carbocycles. The van der Waals surface area contributed by atoms with Crippen molar-refractivity contribution in [2.45, 2.75) is 25.9 Å². The highest BCUT2D eigenvalue weighted by atomic mass is 16.5. The van der Waals surface area contributed by atoms with Crippen molar-refractivity contribution in [3.8, 4) is 17.6 Å². The molecule has 0 aromatic heterocycles. The van der Waals surface area contributed by atoms with E-state index in [2.05, 4.69) is 16.7 Å². The van der Waals surface area contributed by atoms with Gasteiger partial charge in [-0.2, -0.15) is 5.26 Å². The van der Waals surface area contributed by atoms with Crippen LogP contribution in [0.3, 0.4) is 0 Å². The first-order chi connectivity index (χ1) is 15.0. The van der Waals surface area contributed by atoms with Gasteiger partial charge in [-0.05, 0) is 48.9 Å². The number of nitriles is 1. The van der Waals surface area contributed by atoms with Gasteiger partial charge in [-0.3, -0.25) is 9.59 Å². The summed E-state index contributed by atoms with van der Waals surface area (Å²) >= 11 is 0. The molecule has 162 valence electrons. The Morgan fingerprint density at radius 1 is 1.19 bits per heavy atom. The maximum absolute atomic E-state index is 13.1. The monoisotopic (exact) mass is 422 g/mol. The highest BCUT2D eigenvalue weighted by molar-refractivity contribution is 6.05. The van der Waals surface area contributed by atoms with E-state index < -0.39 is 0 Å². The molecule has 1 heterocycles. The number of anilines is 1. The third-order valence-electron chi connectivity index (χ3n) is 5.27. The lowest BCUT2D eigenvalue weighted by molar-refractivity contribution is -0.117. The number of rotatable bonds is 7. The Bertz CT molecular complexity index is 1010. The number of ether oxygens (including phenoxy) is 2. The summed E-state index contributed by atoms with van der Waals surface area (Å²) in [6.45, 7) is 3.21. The summed E-state index contributed by atoms with van der Waals surface area (Å²) in [6.07, 6.45) is 0.798. The van der Waals surface area contributed by atoms with Crippen molar-refractivity contribution in [1.29, 1.82) is 5.26 Å². The Morgan fingerprint density at radius 2 is 1.97 bits per heavy atom. The summed E-state index contributed by atoms with van der Waals surface area (Å²) in [5.74, 6) is 0.660. The second-order valence-electron chi connectivity index (χ2n) is 7.25. The first-order valence-corrected chi connectivity index (χ1v) is 10.0. The Balaban J connectivity index is 1.87. The number of carbonyl (C=O) groups is 2. The van der Waals surface area contributed by atoms with Crippen molar-refractivity contribution < 1.29 is 19.1 Å². The van der Waals surface area contributed by atoms with Crippen molar-refractivity contribution in [1.82, 2.24) is 10.6 Å². The molecule has 0 saturated carbocycles. The zero-order valence-corrected chi connectivity index (χ0v) is 17.9. The van der Waals surface area contributed by atoms with E-state index in [9.17, 15) is 14.9 Å². The number of nitrogens with one attached hydrogen (secondary N) is 2. The molecule has 2 aromatic rings. The van der Waals surface area contributed by atoms with Crippen molar-refractivity contribution in [3.63, 3.8) is 0 Å². The van der Waals surface area contributed by atoms with Gasteiger partial charge in [-0.15, -0.1) is 0 Å². The first-order valence-electron chi connectivity index (χ1n) is 10.0. The zero-order chi connectivity index (χ0) is 22.4. The minimum atomic E-state index is -0.362. The number of methoxy groups -OCH3 is 2. The molecule has 1 atom stereocenters. The molecule has 0 radical (unpaired) electrons. The molecule has 1 fully saturated rings. The van der Waals surface area contributed by atoms with Gasteiger partial charge in [0.1, 0.15) is 0 Å². The fraction of sp³-hybridized carbons (Fsp3) is 0.348. The van der Waals surface area contributed by atoms with Gasteiger partial charge in [0.15, 0.2) is 11.5 Å². The van der Waals surface area contributed by atoms with E-state index in [1.54, 1.807) is 43.4 Å². The average Bonchev–Trinajstić information content (AvgIpc) is 3.31. The summed E-state index contributed by atoms with van der Waals surface area (Å²) in [6, 6.07) is 12.2. The minimum Gasteiger partial charge on any atom is -0.493 e. The van der Waals surface area contributed by atoms with Gasteiger partial charge >= 0.3 is 0 Å². The third kappa shape index (κ3) is 4.95. The fourth-order valence-electron chi connectivity index (χ4n) is 3.75. The van der Waals surface area contributed by atoms with Crippen molar-refractivity contribution in [2.75, 3.05) is 32.2 Å². The highest BCUT2D eigenvalue weighted by Crippen LogP contribution is 2.28. The fourth-order valence-corrected chi connectivity index (χ4v) is 3.75. The van der Waals surface area contributed by atoms with Crippen LogP contribution in [0.15, 0.2) is 36.4 Å². The molecule has 2 N–H and O–H groups in total. The smallest absolute Gasteiger partial charge is 0.253 e. The van der Waals surface area contributed by atoms with Gasteiger partial charge in [0.25, 0.3) is 5.91 Å². The molecule has 8 nitrogen and oxygen atoms in total. The van der Waals surface area contributed by atoms with Crippen LogP contribution in [-0.2, 0) is 11.3 Å². The largest absolute Gasteiger partial charge is 0.493 e. The molecular weight excluding hydrogens is 396 g/mol. The van der Waals surface area contributed by atoms with Gasteiger partial charge in [0, 0.05) is 20.0 Å². The molecule has 0 unspecified atom stereocenters. The van der Waals surface area contributed by atoms with Crippen LogP contribution in [0.1, 0.15) is 34.8 Å². The Hall–Kier alpha value is -3.57. The van der Waals surface area contributed by atoms with Crippen LogP contribution in [0.25, 0.3) is 0 Å². The average molecular weight is 422 g/mol. The highest BCUT2D eigenvalue weighted by Gasteiger charge is 2.29. The summed E-state index contributed by atoms with van der Waals surface area (Å²) in [5.41, 5.74) is 1.98. The first kappa shape index (κ1) is 22.1. The Labute approximate surface area is 181 Å². The van der Waals surface area contributed by atoms with Gasteiger partial charge in [0.2, 0.25) is 5.91 Å². The number of hydrogen-bond acceptors (Lipinski definition) is 6. The van der Waals surface area contributed by atoms with E-state index in [1.165, 1.54) is 13.0 Å². The molecule has 3 rings (SSSR count). The van der Waals surface area contributed by atoms with Crippen LogP contribution >= 0.6 is 0 Å². The molecule has 1 saturated heterocycles. The predicted octanol–water partition coefficient (Wildman–Crippen LogP) is 2.22. The van der Waals surface area contributed by atoms with E-state index in [0.717, 1.165) is 18.5 Å². The van der Waals surface area contributed by atoms with Gasteiger partial charge in [-0.25, -0.2) is 0 Å². The third-order valence-corrected chi connectivity index (χ3v) is 5.27. The predicted molar refractivity (Wildman–Crippen MR) is 116 cm³/mol. The molecule has 31 heavy (non-hydrogen) atoms. The minimum absolute atomic E-state index is 0.0390. The van der Waals surface area contributed by atoms with E-state index in [0.29, 0.717) is 34.9 Å². The number of amides is 2. The molecule has 2 amide bonds. The van der Waals surface area contributed by atoms with Crippen LogP contribution in [0.5, 0.6) is 11.5 Å². The lowest BCUT2D eigenvalue weighted by Crippen LogP contribution is -2.41. The topological polar surface area (TPSA) is 104 Å². The lowest BCUT2D eigenvalue weighted by Gasteiger charge is -2.29. The summed E-state index contributed by atoms with van der Waals surface area (Å²) < 4.78 is 10.5. The number of benzene rings is 2. The maximum atomic E-state index is 13.1. The van der Waals surface area contributed by atoms with Crippen LogP contribution in [-0.4, -0.2) is 45.2 Å². The normalized spacial score (nSPS) is 15.1. The lowest BCUT2D eigenvalue weighted by atomic mass is 10.0. The Morgan fingerprint density at radius 3 is 2.58 bits per heavy atom. The Kier molecular flexibility index (Phi) is 7.11. The quantitative estimate of drug-likeness (QED) is 0.709.